The van der Waals surface area contributed by atoms with Gasteiger partial charge in [0.25, 0.3) is 0 Å². The minimum atomic E-state index is -0.716. The van der Waals surface area contributed by atoms with Gasteiger partial charge in [-0.15, -0.1) is 0 Å². The Labute approximate surface area is 165 Å². The van der Waals surface area contributed by atoms with Crippen LogP contribution >= 0.6 is 0 Å². The molecule has 4 aliphatic carbocycles. The number of carbonyl (C=O) groups is 1. The summed E-state index contributed by atoms with van der Waals surface area (Å²) in [6.07, 6.45) is 7.19. The normalized spacial score (nSPS) is 44.2. The molecule has 6 aliphatic rings. The smallest absolute Gasteiger partial charge is 0.166 e. The summed E-state index contributed by atoms with van der Waals surface area (Å²) >= 11 is 0. The van der Waals surface area contributed by atoms with Gasteiger partial charge in [-0.3, -0.25) is 4.79 Å². The van der Waals surface area contributed by atoms with Crippen LogP contribution in [0.5, 0.6) is 11.5 Å². The zero-order valence-corrected chi connectivity index (χ0v) is 17.0. The molecular formula is C23H27NO4. The Bertz CT molecular complexity index is 941. The van der Waals surface area contributed by atoms with E-state index in [0.29, 0.717) is 6.04 Å². The first-order chi connectivity index (χ1) is 13.4. The maximum Gasteiger partial charge on any atom is 0.166 e. The Balaban J connectivity index is 1.72. The maximum absolute atomic E-state index is 12.8. The van der Waals surface area contributed by atoms with E-state index in [1.54, 1.807) is 21.1 Å². The number of fused-ring (bicyclic) bond motifs is 1. The van der Waals surface area contributed by atoms with E-state index in [9.17, 15) is 4.79 Å². The molecule has 5 unspecified atom stereocenters. The maximum atomic E-state index is 12.8. The predicted octanol–water partition coefficient (Wildman–Crippen LogP) is 2.50. The van der Waals surface area contributed by atoms with Crippen LogP contribution in [-0.4, -0.2) is 56.2 Å². The molecule has 148 valence electrons. The van der Waals surface area contributed by atoms with Gasteiger partial charge in [0, 0.05) is 24.1 Å². The Kier molecular flexibility index (Phi) is 3.05. The molecule has 6 atom stereocenters. The molecule has 1 aromatic rings. The molecule has 1 saturated carbocycles. The average Bonchev–Trinajstić information content (AvgIpc) is 3.07. The number of likely N-dealkylation sites (N-methyl/N-ethyl adjacent to an activating group) is 1. The summed E-state index contributed by atoms with van der Waals surface area (Å²) in [6.45, 7) is 2.74. The fraction of sp³-hybridized carbons (Fsp3) is 0.609. The SMILES string of the molecule is COc1ccc2c3c1OC1C4(OC)C=CC5(CC4C(C)=O)C(C2)N(C)CC[C@]315. The van der Waals surface area contributed by atoms with E-state index < -0.39 is 5.60 Å². The third kappa shape index (κ3) is 1.49. The van der Waals surface area contributed by atoms with Crippen molar-refractivity contribution in [1.82, 2.24) is 4.90 Å². The lowest BCUT2D eigenvalue weighted by Crippen LogP contribution is -2.79. The number of Topliss-reactive ketones (excluding diaryl/α,β-unsaturated/α-hetero) is 1. The first kappa shape index (κ1) is 17.0. The Hall–Kier alpha value is -1.85. The van der Waals surface area contributed by atoms with Crippen LogP contribution in [-0.2, 0) is 21.4 Å². The van der Waals surface area contributed by atoms with Crippen molar-refractivity contribution < 1.29 is 19.0 Å². The third-order valence-electron chi connectivity index (χ3n) is 8.77. The van der Waals surface area contributed by atoms with Gasteiger partial charge in [-0.1, -0.05) is 18.2 Å². The molecule has 2 heterocycles. The highest BCUT2D eigenvalue weighted by Gasteiger charge is 2.79. The second-order valence-electron chi connectivity index (χ2n) is 9.35. The lowest BCUT2D eigenvalue weighted by Gasteiger charge is -2.70. The first-order valence-corrected chi connectivity index (χ1v) is 10.3. The van der Waals surface area contributed by atoms with Gasteiger partial charge in [0.2, 0.25) is 0 Å². The summed E-state index contributed by atoms with van der Waals surface area (Å²) in [6, 6.07) is 4.62. The summed E-state index contributed by atoms with van der Waals surface area (Å²) in [5.41, 5.74) is 1.72. The number of likely N-dealkylation sites (tertiary alicyclic amines) is 1. The van der Waals surface area contributed by atoms with E-state index >= 15 is 0 Å². The molecule has 2 fully saturated rings. The summed E-state index contributed by atoms with van der Waals surface area (Å²) < 4.78 is 18.7. The predicted molar refractivity (Wildman–Crippen MR) is 104 cm³/mol. The summed E-state index contributed by atoms with van der Waals surface area (Å²) in [4.78, 5) is 15.3. The van der Waals surface area contributed by atoms with Crippen molar-refractivity contribution >= 4 is 5.78 Å². The molecule has 28 heavy (non-hydrogen) atoms. The van der Waals surface area contributed by atoms with Crippen molar-refractivity contribution in [1.29, 1.82) is 0 Å². The zero-order valence-electron chi connectivity index (χ0n) is 17.0. The second-order valence-corrected chi connectivity index (χ2v) is 9.35. The van der Waals surface area contributed by atoms with Crippen LogP contribution < -0.4 is 9.47 Å². The van der Waals surface area contributed by atoms with Gasteiger partial charge >= 0.3 is 0 Å². The van der Waals surface area contributed by atoms with Crippen LogP contribution in [0.1, 0.15) is 30.9 Å². The number of nitrogens with zero attached hydrogens (tertiary/aromatic N) is 1. The molecule has 0 amide bonds. The number of rotatable bonds is 3. The molecule has 2 spiro atoms. The van der Waals surface area contributed by atoms with Gasteiger partial charge in [0.05, 0.1) is 18.4 Å². The Morgan fingerprint density at radius 1 is 1.29 bits per heavy atom. The average molecular weight is 381 g/mol. The van der Waals surface area contributed by atoms with Crippen molar-refractivity contribution in [3.05, 3.63) is 35.4 Å². The molecule has 0 N–H and O–H groups in total. The number of methoxy groups -OCH3 is 2. The molecule has 5 heteroatoms. The number of benzene rings is 1. The first-order valence-electron chi connectivity index (χ1n) is 10.3. The van der Waals surface area contributed by atoms with Crippen LogP contribution in [0.4, 0.5) is 0 Å². The molecule has 0 radical (unpaired) electrons. The van der Waals surface area contributed by atoms with Crippen molar-refractivity contribution in [3.8, 4) is 11.5 Å². The minimum absolute atomic E-state index is 0.105. The number of ketones is 1. The highest BCUT2D eigenvalue weighted by molar-refractivity contribution is 5.82. The number of hydrogen-bond acceptors (Lipinski definition) is 5. The van der Waals surface area contributed by atoms with E-state index in [-0.39, 0.29) is 28.6 Å². The monoisotopic (exact) mass is 381 g/mol. The van der Waals surface area contributed by atoms with Crippen LogP contribution in [0.3, 0.4) is 0 Å². The molecule has 1 aromatic carbocycles. The number of carbonyl (C=O) groups excluding carboxylic acids is 1. The van der Waals surface area contributed by atoms with Gasteiger partial charge in [-0.25, -0.2) is 0 Å². The fourth-order valence-electron chi connectivity index (χ4n) is 7.67. The lowest BCUT2D eigenvalue weighted by atomic mass is 9.37. The molecule has 5 nitrogen and oxygen atoms in total. The molecule has 1 saturated heterocycles. The summed E-state index contributed by atoms with van der Waals surface area (Å²) in [5.74, 6) is 1.68. The zero-order chi connectivity index (χ0) is 19.5. The Morgan fingerprint density at radius 3 is 2.82 bits per heavy atom. The topological polar surface area (TPSA) is 48.0 Å². The Morgan fingerprint density at radius 2 is 2.11 bits per heavy atom. The van der Waals surface area contributed by atoms with Crippen LogP contribution in [0.25, 0.3) is 0 Å². The molecule has 7 rings (SSSR count). The van der Waals surface area contributed by atoms with Crippen molar-refractivity contribution in [2.75, 3.05) is 27.8 Å². The van der Waals surface area contributed by atoms with Crippen LogP contribution in [0, 0.1) is 11.3 Å². The van der Waals surface area contributed by atoms with Gasteiger partial charge in [-0.05, 0) is 51.4 Å². The van der Waals surface area contributed by atoms with E-state index in [0.717, 1.165) is 37.3 Å². The third-order valence-corrected chi connectivity index (χ3v) is 8.77. The summed E-state index contributed by atoms with van der Waals surface area (Å²) in [5, 5.41) is 0. The van der Waals surface area contributed by atoms with Crippen molar-refractivity contribution in [3.63, 3.8) is 0 Å². The number of hydrogen-bond donors (Lipinski definition) is 0. The quantitative estimate of drug-likeness (QED) is 0.753. The standard InChI is InChI=1S/C23H27NO4/c1-13(25)15-12-21-7-8-23(15,27-4)20-22(21)9-10-24(2)17(21)11-14-5-6-16(26-3)19(28-20)18(14)22/h5-8,15,17,20H,9-12H2,1-4H3/t15?,17?,20?,21?,22-,23?/m0/s1. The molecule has 4 bridgehead atoms. The van der Waals surface area contributed by atoms with Gasteiger partial charge in [-0.2, -0.15) is 0 Å². The van der Waals surface area contributed by atoms with Gasteiger partial charge in [0.15, 0.2) is 11.5 Å². The highest BCUT2D eigenvalue weighted by atomic mass is 16.6. The van der Waals surface area contributed by atoms with E-state index in [1.165, 1.54) is 11.1 Å². The summed E-state index contributed by atoms with van der Waals surface area (Å²) in [7, 11) is 5.67. The molecule has 0 aromatic heterocycles. The molecule has 2 aliphatic heterocycles. The van der Waals surface area contributed by atoms with Gasteiger partial charge in [0.1, 0.15) is 17.5 Å². The van der Waals surface area contributed by atoms with E-state index in [2.05, 4.69) is 30.2 Å². The molecular weight excluding hydrogens is 354 g/mol. The van der Waals surface area contributed by atoms with Gasteiger partial charge < -0.3 is 19.1 Å². The van der Waals surface area contributed by atoms with Crippen molar-refractivity contribution in [2.45, 2.75) is 49.3 Å². The second kappa shape index (κ2) is 5.00. The van der Waals surface area contributed by atoms with Crippen molar-refractivity contribution in [2.24, 2.45) is 11.3 Å². The highest BCUT2D eigenvalue weighted by Crippen LogP contribution is 2.74. The van der Waals surface area contributed by atoms with E-state index in [1.807, 2.05) is 6.07 Å². The lowest BCUT2D eigenvalue weighted by molar-refractivity contribution is -0.212. The van der Waals surface area contributed by atoms with Crippen LogP contribution in [0.15, 0.2) is 24.3 Å². The van der Waals surface area contributed by atoms with E-state index in [4.69, 9.17) is 14.2 Å². The largest absolute Gasteiger partial charge is 0.493 e. The minimum Gasteiger partial charge on any atom is -0.493 e. The van der Waals surface area contributed by atoms with Crippen LogP contribution in [0.2, 0.25) is 0 Å². The number of ether oxygens (including phenoxy) is 3. The fourth-order valence-corrected chi connectivity index (χ4v) is 7.67. The number of piperidine rings is 1.